The van der Waals surface area contributed by atoms with Crippen LogP contribution in [0.2, 0.25) is 0 Å². The predicted molar refractivity (Wildman–Crippen MR) is 82.2 cm³/mol. The second-order valence-electron chi connectivity index (χ2n) is 4.34. The molecule has 7 heteroatoms. The van der Waals surface area contributed by atoms with Gasteiger partial charge in [0, 0.05) is 30.1 Å². The van der Waals surface area contributed by atoms with Gasteiger partial charge >= 0.3 is 0 Å². The number of amides is 1. The van der Waals surface area contributed by atoms with Crippen LogP contribution in [-0.4, -0.2) is 20.7 Å². The van der Waals surface area contributed by atoms with Crippen molar-refractivity contribution in [1.29, 1.82) is 0 Å². The Morgan fingerprint density at radius 2 is 2.05 bits per heavy atom. The molecule has 20 heavy (non-hydrogen) atoms. The summed E-state index contributed by atoms with van der Waals surface area (Å²) in [6, 6.07) is 8.18. The zero-order valence-corrected chi connectivity index (χ0v) is 13.4. The van der Waals surface area contributed by atoms with E-state index >= 15 is 0 Å². The van der Waals surface area contributed by atoms with E-state index in [0.717, 1.165) is 21.2 Å². The van der Waals surface area contributed by atoms with Crippen LogP contribution in [0.3, 0.4) is 0 Å². The number of nitrogens with two attached hydrogens (primary N) is 1. The van der Waals surface area contributed by atoms with Gasteiger partial charge in [-0.05, 0) is 17.7 Å². The first kappa shape index (κ1) is 15.1. The van der Waals surface area contributed by atoms with E-state index in [1.807, 2.05) is 23.7 Å². The first-order chi connectivity index (χ1) is 9.56. The summed E-state index contributed by atoms with van der Waals surface area (Å²) in [4.78, 5) is 10.8. The van der Waals surface area contributed by atoms with E-state index in [1.54, 1.807) is 11.8 Å². The Morgan fingerprint density at radius 3 is 2.70 bits per heavy atom. The molecule has 0 fully saturated rings. The molecule has 106 valence electrons. The number of hydrogen-bond donors (Lipinski definition) is 1. The minimum absolute atomic E-state index is 0.295. The Morgan fingerprint density at radius 1 is 1.35 bits per heavy atom. The van der Waals surface area contributed by atoms with Crippen molar-refractivity contribution >= 4 is 33.6 Å². The quantitative estimate of drug-likeness (QED) is 0.807. The van der Waals surface area contributed by atoms with E-state index in [4.69, 9.17) is 5.73 Å². The summed E-state index contributed by atoms with van der Waals surface area (Å²) in [6.45, 7) is 0. The van der Waals surface area contributed by atoms with Crippen molar-refractivity contribution in [3.05, 3.63) is 40.1 Å². The third kappa shape index (κ3) is 4.08. The molecule has 1 aromatic carbocycles. The number of aromatic nitrogens is 3. The van der Waals surface area contributed by atoms with Crippen molar-refractivity contribution in [3.8, 4) is 0 Å². The lowest BCUT2D eigenvalue weighted by Crippen LogP contribution is -2.12. The number of carbonyl (C=O) groups is 1. The number of carbonyl (C=O) groups excluding carboxylic acids is 1. The fourth-order valence-corrected chi connectivity index (χ4v) is 2.80. The van der Waals surface area contributed by atoms with Crippen molar-refractivity contribution in [1.82, 2.24) is 14.8 Å². The topological polar surface area (TPSA) is 73.8 Å². The van der Waals surface area contributed by atoms with Crippen LogP contribution >= 0.6 is 27.7 Å². The van der Waals surface area contributed by atoms with Crippen LogP contribution in [0.5, 0.6) is 0 Å². The maximum Gasteiger partial charge on any atom is 0.217 e. The van der Waals surface area contributed by atoms with Crippen molar-refractivity contribution < 1.29 is 4.79 Å². The van der Waals surface area contributed by atoms with Crippen LogP contribution in [0.15, 0.2) is 33.9 Å². The number of nitrogens with zero attached hydrogens (tertiary/aromatic N) is 3. The molecule has 0 bridgehead atoms. The fraction of sp³-hybridized carbons (Fsp3) is 0.308. The van der Waals surface area contributed by atoms with Gasteiger partial charge in [0.05, 0.1) is 0 Å². The molecular weight excluding hydrogens is 340 g/mol. The number of aryl methyl sites for hydroxylation is 1. The Kier molecular flexibility index (Phi) is 5.19. The number of benzene rings is 1. The number of rotatable bonds is 6. The third-order valence-electron chi connectivity index (χ3n) is 2.80. The lowest BCUT2D eigenvalue weighted by Gasteiger charge is -2.03. The summed E-state index contributed by atoms with van der Waals surface area (Å²) in [5.74, 6) is 1.29. The van der Waals surface area contributed by atoms with Crippen LogP contribution in [0.1, 0.15) is 17.8 Å². The van der Waals surface area contributed by atoms with E-state index in [2.05, 4.69) is 38.3 Å². The summed E-state index contributed by atoms with van der Waals surface area (Å²) in [5.41, 5.74) is 6.36. The maximum absolute atomic E-state index is 10.8. The second-order valence-corrected chi connectivity index (χ2v) is 6.20. The largest absolute Gasteiger partial charge is 0.370 e. The van der Waals surface area contributed by atoms with Crippen molar-refractivity contribution in [2.75, 3.05) is 0 Å². The monoisotopic (exact) mass is 354 g/mol. The summed E-state index contributed by atoms with van der Waals surface area (Å²) in [6.07, 6.45) is 0.820. The summed E-state index contributed by atoms with van der Waals surface area (Å²) in [7, 11) is 1.90. The number of halogens is 1. The molecular formula is C13H15BrN4OS. The van der Waals surface area contributed by atoms with Crippen molar-refractivity contribution in [3.63, 3.8) is 0 Å². The molecule has 0 aliphatic rings. The first-order valence-electron chi connectivity index (χ1n) is 6.10. The average Bonchev–Trinajstić information content (AvgIpc) is 2.77. The second kappa shape index (κ2) is 6.90. The van der Waals surface area contributed by atoms with Crippen LogP contribution in [0, 0.1) is 0 Å². The lowest BCUT2D eigenvalue weighted by atomic mass is 10.2. The smallest absolute Gasteiger partial charge is 0.217 e. The number of hydrogen-bond acceptors (Lipinski definition) is 4. The highest BCUT2D eigenvalue weighted by Gasteiger charge is 2.10. The van der Waals surface area contributed by atoms with Crippen LogP contribution in [-0.2, 0) is 24.0 Å². The van der Waals surface area contributed by atoms with Gasteiger partial charge in [-0.1, -0.05) is 39.8 Å². The molecule has 0 atom stereocenters. The minimum atomic E-state index is -0.322. The molecule has 0 unspecified atom stereocenters. The Bertz CT molecular complexity index is 597. The van der Waals surface area contributed by atoms with Gasteiger partial charge < -0.3 is 10.3 Å². The summed E-state index contributed by atoms with van der Waals surface area (Å²) >= 11 is 5.03. The van der Waals surface area contributed by atoms with Crippen LogP contribution in [0.4, 0.5) is 0 Å². The van der Waals surface area contributed by atoms with Crippen LogP contribution in [0.25, 0.3) is 0 Å². The van der Waals surface area contributed by atoms with Crippen molar-refractivity contribution in [2.45, 2.75) is 23.8 Å². The first-order valence-corrected chi connectivity index (χ1v) is 7.88. The molecule has 2 rings (SSSR count). The maximum atomic E-state index is 10.8. The van der Waals surface area contributed by atoms with E-state index in [1.165, 1.54) is 5.56 Å². The fourth-order valence-electron chi connectivity index (χ4n) is 1.65. The van der Waals surface area contributed by atoms with Gasteiger partial charge in [-0.2, -0.15) is 0 Å². The Balaban J connectivity index is 1.96. The van der Waals surface area contributed by atoms with Gasteiger partial charge in [-0.15, -0.1) is 10.2 Å². The highest BCUT2D eigenvalue weighted by molar-refractivity contribution is 9.10. The zero-order valence-electron chi connectivity index (χ0n) is 11.0. The molecule has 5 nitrogen and oxygen atoms in total. The van der Waals surface area contributed by atoms with Crippen LogP contribution < -0.4 is 5.73 Å². The Hall–Kier alpha value is -1.34. The molecule has 1 aromatic heterocycles. The van der Waals surface area contributed by atoms with Gasteiger partial charge in [0.1, 0.15) is 5.82 Å². The van der Waals surface area contributed by atoms with Crippen molar-refractivity contribution in [2.24, 2.45) is 12.8 Å². The molecule has 0 aliphatic carbocycles. The normalized spacial score (nSPS) is 10.7. The van der Waals surface area contributed by atoms with Gasteiger partial charge in [0.25, 0.3) is 0 Å². The molecule has 1 heterocycles. The number of primary amides is 1. The zero-order chi connectivity index (χ0) is 14.5. The third-order valence-corrected chi connectivity index (χ3v) is 4.42. The van der Waals surface area contributed by atoms with E-state index < -0.39 is 0 Å². The summed E-state index contributed by atoms with van der Waals surface area (Å²) in [5, 5.41) is 9.07. The SMILES string of the molecule is Cn1c(CCC(N)=O)nnc1SCc1ccc(Br)cc1. The summed E-state index contributed by atoms with van der Waals surface area (Å²) < 4.78 is 2.98. The van der Waals surface area contributed by atoms with E-state index in [-0.39, 0.29) is 5.91 Å². The van der Waals surface area contributed by atoms with Gasteiger partial charge in [0.15, 0.2) is 5.16 Å². The van der Waals surface area contributed by atoms with Gasteiger partial charge in [-0.25, -0.2) is 0 Å². The lowest BCUT2D eigenvalue weighted by molar-refractivity contribution is -0.118. The van der Waals surface area contributed by atoms with Gasteiger partial charge in [0.2, 0.25) is 5.91 Å². The molecule has 1 amide bonds. The predicted octanol–water partition coefficient (Wildman–Crippen LogP) is 2.29. The molecule has 0 saturated heterocycles. The molecule has 0 spiro atoms. The van der Waals surface area contributed by atoms with E-state index in [0.29, 0.717) is 12.8 Å². The highest BCUT2D eigenvalue weighted by atomic mass is 79.9. The highest BCUT2D eigenvalue weighted by Crippen LogP contribution is 2.22. The molecule has 2 N–H and O–H groups in total. The average molecular weight is 355 g/mol. The number of thioether (sulfide) groups is 1. The molecule has 2 aromatic rings. The molecule has 0 aliphatic heterocycles. The van der Waals surface area contributed by atoms with E-state index in [9.17, 15) is 4.79 Å². The standard InChI is InChI=1S/C13H15BrN4OS/c1-18-12(7-6-11(15)19)16-17-13(18)20-8-9-2-4-10(14)5-3-9/h2-5H,6-8H2,1H3,(H2,15,19). The Labute approximate surface area is 130 Å². The minimum Gasteiger partial charge on any atom is -0.370 e. The molecule has 0 radical (unpaired) electrons. The van der Waals surface area contributed by atoms with Gasteiger partial charge in [-0.3, -0.25) is 4.79 Å². The molecule has 0 saturated carbocycles.